The van der Waals surface area contributed by atoms with E-state index in [-0.39, 0.29) is 11.2 Å². The summed E-state index contributed by atoms with van der Waals surface area (Å²) in [6, 6.07) is 8.39. The molecular weight excluding hydrogens is 242 g/mol. The first-order valence-electron chi connectivity index (χ1n) is 6.25. The molecular formula is C14H17N3O2. The first-order valence-corrected chi connectivity index (χ1v) is 6.25. The molecule has 0 saturated heterocycles. The zero-order chi connectivity index (χ0) is 14.0. The molecule has 2 aromatic rings. The van der Waals surface area contributed by atoms with Crippen molar-refractivity contribution in [1.82, 2.24) is 4.98 Å². The third-order valence-electron chi connectivity index (χ3n) is 3.23. The molecule has 2 rings (SSSR count). The number of aromatic nitrogens is 1. The van der Waals surface area contributed by atoms with E-state index >= 15 is 0 Å². The number of fused-ring (bicyclic) bond motifs is 1. The minimum atomic E-state index is -0.397. The van der Waals surface area contributed by atoms with Crippen LogP contribution in [0.15, 0.2) is 30.3 Å². The first kappa shape index (κ1) is 13.3. The van der Waals surface area contributed by atoms with E-state index in [0.29, 0.717) is 0 Å². The molecule has 1 N–H and O–H groups in total. The van der Waals surface area contributed by atoms with E-state index in [1.807, 2.05) is 12.1 Å². The van der Waals surface area contributed by atoms with Gasteiger partial charge in [-0.2, -0.15) is 0 Å². The fourth-order valence-corrected chi connectivity index (χ4v) is 1.73. The van der Waals surface area contributed by atoms with Crippen molar-refractivity contribution in [2.45, 2.75) is 32.7 Å². The Morgan fingerprint density at radius 2 is 2.05 bits per heavy atom. The highest BCUT2D eigenvalue weighted by atomic mass is 16.6. The second-order valence-electron chi connectivity index (χ2n) is 5.19. The lowest BCUT2D eigenvalue weighted by Gasteiger charge is -2.25. The second-order valence-corrected chi connectivity index (χ2v) is 5.19. The lowest BCUT2D eigenvalue weighted by molar-refractivity contribution is -0.384. The Morgan fingerprint density at radius 3 is 2.68 bits per heavy atom. The van der Waals surface area contributed by atoms with Crippen molar-refractivity contribution in [2.75, 3.05) is 5.32 Å². The Balaban J connectivity index is 2.37. The molecule has 0 unspecified atom stereocenters. The third kappa shape index (κ3) is 2.99. The van der Waals surface area contributed by atoms with E-state index in [9.17, 15) is 10.1 Å². The molecule has 0 spiro atoms. The second kappa shape index (κ2) is 4.84. The zero-order valence-electron chi connectivity index (χ0n) is 11.3. The summed E-state index contributed by atoms with van der Waals surface area (Å²) < 4.78 is 0. The predicted molar refractivity (Wildman–Crippen MR) is 76.4 cm³/mol. The topological polar surface area (TPSA) is 68.1 Å². The molecule has 0 saturated carbocycles. The molecule has 0 atom stereocenters. The molecule has 0 aliphatic rings. The molecule has 5 nitrogen and oxygen atoms in total. The van der Waals surface area contributed by atoms with E-state index < -0.39 is 4.92 Å². The molecule has 100 valence electrons. The number of hydrogen-bond donors (Lipinski definition) is 1. The monoisotopic (exact) mass is 259 g/mol. The number of non-ortho nitro benzene ring substituents is 1. The highest BCUT2D eigenvalue weighted by Gasteiger charge is 2.15. The summed E-state index contributed by atoms with van der Waals surface area (Å²) in [5.74, 6) is 0.785. The van der Waals surface area contributed by atoms with Gasteiger partial charge in [-0.3, -0.25) is 10.1 Å². The standard InChI is InChI=1S/C14H17N3O2/c1-4-14(2,3)16-13-8-5-10-9-11(17(18)19)6-7-12(10)15-13/h5-9H,4H2,1-3H3,(H,15,16). The van der Waals surface area contributed by atoms with Gasteiger partial charge in [-0.1, -0.05) is 6.92 Å². The minimum absolute atomic E-state index is 0.0263. The van der Waals surface area contributed by atoms with Crippen molar-refractivity contribution in [3.8, 4) is 0 Å². The van der Waals surface area contributed by atoms with E-state index in [0.717, 1.165) is 23.1 Å². The molecule has 1 heterocycles. The van der Waals surface area contributed by atoms with Crippen molar-refractivity contribution in [1.29, 1.82) is 0 Å². The number of benzene rings is 1. The number of pyridine rings is 1. The average Bonchev–Trinajstić information content (AvgIpc) is 2.37. The van der Waals surface area contributed by atoms with Crippen LogP contribution < -0.4 is 5.32 Å². The summed E-state index contributed by atoms with van der Waals surface area (Å²) in [5.41, 5.74) is 0.813. The fraction of sp³-hybridized carbons (Fsp3) is 0.357. The van der Waals surface area contributed by atoms with Gasteiger partial charge in [0.25, 0.3) is 5.69 Å². The van der Waals surface area contributed by atoms with E-state index in [2.05, 4.69) is 31.1 Å². The first-order chi connectivity index (χ1) is 8.91. The smallest absolute Gasteiger partial charge is 0.270 e. The molecule has 0 bridgehead atoms. The quantitative estimate of drug-likeness (QED) is 0.670. The molecule has 1 aromatic heterocycles. The normalized spacial score (nSPS) is 11.5. The number of hydrogen-bond acceptors (Lipinski definition) is 4. The van der Waals surface area contributed by atoms with Crippen LogP contribution in [0.25, 0.3) is 10.9 Å². The summed E-state index contributed by atoms with van der Waals surface area (Å²) in [6.07, 6.45) is 0.979. The Morgan fingerprint density at radius 1 is 1.32 bits per heavy atom. The van der Waals surface area contributed by atoms with Gasteiger partial charge >= 0.3 is 0 Å². The van der Waals surface area contributed by atoms with Crippen LogP contribution in [0.5, 0.6) is 0 Å². The van der Waals surface area contributed by atoms with Crippen LogP contribution in [-0.4, -0.2) is 15.4 Å². The van der Waals surface area contributed by atoms with Crippen LogP contribution >= 0.6 is 0 Å². The number of nitrogens with zero attached hydrogens (tertiary/aromatic N) is 2. The van der Waals surface area contributed by atoms with Crippen molar-refractivity contribution in [2.24, 2.45) is 0 Å². The maximum atomic E-state index is 10.7. The summed E-state index contributed by atoms with van der Waals surface area (Å²) in [5, 5.41) is 14.8. The van der Waals surface area contributed by atoms with Crippen LogP contribution in [0.2, 0.25) is 0 Å². The lowest BCUT2D eigenvalue weighted by atomic mass is 10.0. The summed E-state index contributed by atoms with van der Waals surface area (Å²) in [6.45, 7) is 6.32. The summed E-state index contributed by atoms with van der Waals surface area (Å²) >= 11 is 0. The molecule has 0 aliphatic heterocycles. The highest BCUT2D eigenvalue weighted by molar-refractivity contribution is 5.82. The van der Waals surface area contributed by atoms with Gasteiger partial charge in [0.15, 0.2) is 0 Å². The largest absolute Gasteiger partial charge is 0.365 e. The van der Waals surface area contributed by atoms with Crippen LogP contribution in [0, 0.1) is 10.1 Å². The predicted octanol–water partition coefficient (Wildman–Crippen LogP) is 3.74. The van der Waals surface area contributed by atoms with Crippen molar-refractivity contribution in [3.63, 3.8) is 0 Å². The van der Waals surface area contributed by atoms with Gasteiger partial charge in [-0.25, -0.2) is 4.98 Å². The number of nitro benzene ring substituents is 1. The van der Waals surface area contributed by atoms with Gasteiger partial charge in [-0.05, 0) is 38.5 Å². The van der Waals surface area contributed by atoms with Crippen molar-refractivity contribution < 1.29 is 4.92 Å². The Bertz CT molecular complexity index is 623. The molecule has 1 aromatic carbocycles. The van der Waals surface area contributed by atoms with Crippen molar-refractivity contribution in [3.05, 3.63) is 40.4 Å². The lowest BCUT2D eigenvalue weighted by Crippen LogP contribution is -2.30. The van der Waals surface area contributed by atoms with Crippen LogP contribution in [0.4, 0.5) is 11.5 Å². The van der Waals surface area contributed by atoms with Gasteiger partial charge in [0.2, 0.25) is 0 Å². The number of rotatable bonds is 4. The van der Waals surface area contributed by atoms with Gasteiger partial charge in [0.1, 0.15) is 5.82 Å². The molecule has 5 heteroatoms. The fourth-order valence-electron chi connectivity index (χ4n) is 1.73. The summed E-state index contributed by atoms with van der Waals surface area (Å²) in [4.78, 5) is 14.8. The van der Waals surface area contributed by atoms with E-state index in [1.54, 1.807) is 6.07 Å². The number of nitro groups is 1. The van der Waals surface area contributed by atoms with Crippen LogP contribution in [0.3, 0.4) is 0 Å². The van der Waals surface area contributed by atoms with Crippen molar-refractivity contribution >= 4 is 22.4 Å². The molecule has 0 radical (unpaired) electrons. The zero-order valence-corrected chi connectivity index (χ0v) is 11.3. The molecule has 0 fully saturated rings. The van der Waals surface area contributed by atoms with Gasteiger partial charge in [0, 0.05) is 23.1 Å². The summed E-state index contributed by atoms with van der Waals surface area (Å²) in [7, 11) is 0. The maximum Gasteiger partial charge on any atom is 0.270 e. The number of anilines is 1. The molecule has 0 amide bonds. The molecule has 19 heavy (non-hydrogen) atoms. The van der Waals surface area contributed by atoms with Crippen LogP contribution in [-0.2, 0) is 0 Å². The van der Waals surface area contributed by atoms with E-state index in [4.69, 9.17) is 0 Å². The van der Waals surface area contributed by atoms with Gasteiger partial charge in [-0.15, -0.1) is 0 Å². The number of nitrogens with one attached hydrogen (secondary N) is 1. The maximum absolute atomic E-state index is 10.7. The molecule has 0 aliphatic carbocycles. The Hall–Kier alpha value is -2.17. The SMILES string of the molecule is CCC(C)(C)Nc1ccc2cc([N+](=O)[O-])ccc2n1. The Labute approximate surface area is 111 Å². The minimum Gasteiger partial charge on any atom is -0.365 e. The van der Waals surface area contributed by atoms with E-state index in [1.165, 1.54) is 12.1 Å². The highest BCUT2D eigenvalue weighted by Crippen LogP contribution is 2.23. The Kier molecular flexibility index (Phi) is 3.38. The van der Waals surface area contributed by atoms with Crippen LogP contribution in [0.1, 0.15) is 27.2 Å². The third-order valence-corrected chi connectivity index (χ3v) is 3.23. The van der Waals surface area contributed by atoms with Gasteiger partial charge < -0.3 is 5.32 Å². The van der Waals surface area contributed by atoms with Gasteiger partial charge in [0.05, 0.1) is 10.4 Å². The average molecular weight is 259 g/mol.